The van der Waals surface area contributed by atoms with Gasteiger partial charge in [-0.2, -0.15) is 0 Å². The van der Waals surface area contributed by atoms with Gasteiger partial charge in [-0.25, -0.2) is 0 Å². The van der Waals surface area contributed by atoms with Crippen LogP contribution >= 0.6 is 11.3 Å². The number of thiophene rings is 1. The fourth-order valence-corrected chi connectivity index (χ4v) is 6.89. The highest BCUT2D eigenvalue weighted by atomic mass is 32.1. The molecule has 28 heavy (non-hydrogen) atoms. The second kappa shape index (κ2) is 7.73. The standard InChI is InChI=1S/C23H36N2O2S/c1-24(2)23(19-6-4-17-28-19)13-11-21(12-14-23)15-16-25(18-21)20(26)7-10-22(27-3)8-5-9-22/h4,6,17H,5,7-16,18H2,1-3H3. The summed E-state index contributed by atoms with van der Waals surface area (Å²) in [6.45, 7) is 1.92. The number of ether oxygens (including phenoxy) is 1. The number of nitrogens with zero attached hydrogens (tertiary/aromatic N) is 2. The molecule has 0 atom stereocenters. The lowest BCUT2D eigenvalue weighted by Crippen LogP contribution is -2.47. The minimum absolute atomic E-state index is 0.00390. The highest BCUT2D eigenvalue weighted by Gasteiger charge is 2.49. The second-order valence-corrected chi connectivity index (χ2v) is 10.7. The van der Waals surface area contributed by atoms with Crippen molar-refractivity contribution in [2.45, 2.75) is 75.3 Å². The molecule has 156 valence electrons. The summed E-state index contributed by atoms with van der Waals surface area (Å²) in [6.07, 6.45) is 11.1. The SMILES string of the molecule is COC1(CCC(=O)N2CCC3(CCC(c4cccs4)(N(C)C)CC3)C2)CCC1. The molecule has 0 radical (unpaired) electrons. The highest BCUT2D eigenvalue weighted by molar-refractivity contribution is 7.10. The van der Waals surface area contributed by atoms with Crippen molar-refractivity contribution in [2.75, 3.05) is 34.3 Å². The fraction of sp³-hybridized carbons (Fsp3) is 0.783. The molecule has 0 N–H and O–H groups in total. The van der Waals surface area contributed by atoms with Crippen molar-refractivity contribution in [2.24, 2.45) is 5.41 Å². The zero-order chi connectivity index (χ0) is 19.8. The summed E-state index contributed by atoms with van der Waals surface area (Å²) >= 11 is 1.89. The van der Waals surface area contributed by atoms with Crippen LogP contribution in [0, 0.1) is 5.41 Å². The maximum absolute atomic E-state index is 12.9. The van der Waals surface area contributed by atoms with Gasteiger partial charge in [0.15, 0.2) is 0 Å². The minimum atomic E-state index is 0.00390. The van der Waals surface area contributed by atoms with Gasteiger partial charge in [-0.15, -0.1) is 11.3 Å². The van der Waals surface area contributed by atoms with Crippen LogP contribution in [0.1, 0.15) is 69.1 Å². The number of carbonyl (C=O) groups is 1. The minimum Gasteiger partial charge on any atom is -0.378 e. The van der Waals surface area contributed by atoms with Crippen molar-refractivity contribution in [3.63, 3.8) is 0 Å². The molecule has 0 unspecified atom stereocenters. The summed E-state index contributed by atoms with van der Waals surface area (Å²) in [5.41, 5.74) is 0.539. The fourth-order valence-electron chi connectivity index (χ4n) is 5.83. The van der Waals surface area contributed by atoms with Crippen molar-refractivity contribution in [1.29, 1.82) is 0 Å². The van der Waals surface area contributed by atoms with E-state index in [9.17, 15) is 4.79 Å². The van der Waals surface area contributed by atoms with Crippen LogP contribution in [-0.2, 0) is 15.1 Å². The molecule has 1 amide bonds. The number of carbonyl (C=O) groups excluding carboxylic acids is 1. The van der Waals surface area contributed by atoms with E-state index in [4.69, 9.17) is 4.74 Å². The lowest BCUT2D eigenvalue weighted by Gasteiger charge is -2.48. The number of hydrogen-bond acceptors (Lipinski definition) is 4. The summed E-state index contributed by atoms with van der Waals surface area (Å²) in [5, 5.41) is 2.20. The Hall–Kier alpha value is -0.910. The lowest BCUT2D eigenvalue weighted by molar-refractivity contribution is -0.134. The van der Waals surface area contributed by atoms with Gasteiger partial charge in [-0.1, -0.05) is 6.07 Å². The number of rotatable bonds is 6. The van der Waals surface area contributed by atoms with Crippen LogP contribution in [-0.4, -0.2) is 55.6 Å². The quantitative estimate of drug-likeness (QED) is 0.692. The molecule has 4 rings (SSSR count). The zero-order valence-electron chi connectivity index (χ0n) is 17.8. The molecular weight excluding hydrogens is 368 g/mol. The van der Waals surface area contributed by atoms with E-state index in [1.807, 2.05) is 11.3 Å². The largest absolute Gasteiger partial charge is 0.378 e. The van der Waals surface area contributed by atoms with E-state index in [0.717, 1.165) is 32.4 Å². The molecule has 1 aliphatic heterocycles. The van der Waals surface area contributed by atoms with E-state index in [0.29, 0.717) is 17.7 Å². The van der Waals surface area contributed by atoms with Crippen molar-refractivity contribution < 1.29 is 9.53 Å². The molecule has 0 bridgehead atoms. The highest BCUT2D eigenvalue weighted by Crippen LogP contribution is 2.52. The van der Waals surface area contributed by atoms with Crippen molar-refractivity contribution in [3.8, 4) is 0 Å². The number of hydrogen-bond donors (Lipinski definition) is 0. The Morgan fingerprint density at radius 1 is 1.18 bits per heavy atom. The third-order valence-corrected chi connectivity index (χ3v) is 9.32. The molecular formula is C23H36N2O2S. The molecule has 2 saturated carbocycles. The summed E-state index contributed by atoms with van der Waals surface area (Å²) in [6, 6.07) is 4.49. The van der Waals surface area contributed by atoms with Gasteiger partial charge in [0.25, 0.3) is 0 Å². The first-order chi connectivity index (χ1) is 13.4. The maximum Gasteiger partial charge on any atom is 0.222 e. The van der Waals surface area contributed by atoms with E-state index in [2.05, 4.69) is 41.4 Å². The Labute approximate surface area is 174 Å². The lowest BCUT2D eigenvalue weighted by atomic mass is 9.66. The Kier molecular flexibility index (Phi) is 5.62. The maximum atomic E-state index is 12.9. The first-order valence-corrected chi connectivity index (χ1v) is 11.9. The number of methoxy groups -OCH3 is 1. The van der Waals surface area contributed by atoms with Crippen molar-refractivity contribution >= 4 is 17.2 Å². The van der Waals surface area contributed by atoms with Gasteiger partial charge in [0.05, 0.1) is 11.1 Å². The molecule has 3 fully saturated rings. The van der Waals surface area contributed by atoms with Crippen molar-refractivity contribution in [1.82, 2.24) is 9.80 Å². The van der Waals surface area contributed by atoms with Gasteiger partial charge in [-0.3, -0.25) is 9.69 Å². The van der Waals surface area contributed by atoms with E-state index in [1.54, 1.807) is 7.11 Å². The molecule has 2 heterocycles. The van der Waals surface area contributed by atoms with Crippen LogP contribution in [0.15, 0.2) is 17.5 Å². The van der Waals surface area contributed by atoms with E-state index >= 15 is 0 Å². The van der Waals surface area contributed by atoms with Gasteiger partial charge in [0, 0.05) is 31.5 Å². The second-order valence-electron chi connectivity index (χ2n) is 9.71. The summed E-state index contributed by atoms with van der Waals surface area (Å²) in [5.74, 6) is 0.350. The van der Waals surface area contributed by atoms with Crippen LogP contribution < -0.4 is 0 Å². The third-order valence-electron chi connectivity index (χ3n) is 8.26. The smallest absolute Gasteiger partial charge is 0.222 e. The molecule has 5 heteroatoms. The molecule has 0 aromatic carbocycles. The van der Waals surface area contributed by atoms with Crippen LogP contribution in [0.2, 0.25) is 0 Å². The van der Waals surface area contributed by atoms with E-state index in [-0.39, 0.29) is 11.1 Å². The third kappa shape index (κ3) is 3.54. The number of likely N-dealkylation sites (tertiary alicyclic amines) is 1. The van der Waals surface area contributed by atoms with Crippen LogP contribution in [0.4, 0.5) is 0 Å². The zero-order valence-corrected chi connectivity index (χ0v) is 18.7. The Morgan fingerprint density at radius 3 is 2.46 bits per heavy atom. The summed E-state index contributed by atoms with van der Waals surface area (Å²) in [4.78, 5) is 19.0. The van der Waals surface area contributed by atoms with Crippen LogP contribution in [0.25, 0.3) is 0 Å². The Bertz CT molecular complexity index is 667. The Balaban J connectivity index is 1.34. The van der Waals surface area contributed by atoms with E-state index in [1.165, 1.54) is 43.4 Å². The van der Waals surface area contributed by atoms with Crippen LogP contribution in [0.3, 0.4) is 0 Å². The molecule has 1 aromatic rings. The first kappa shape index (κ1) is 20.4. The average Bonchev–Trinajstić information content (AvgIpc) is 3.33. The molecule has 3 aliphatic rings. The summed E-state index contributed by atoms with van der Waals surface area (Å²) < 4.78 is 5.70. The molecule has 1 aromatic heterocycles. The van der Waals surface area contributed by atoms with Gasteiger partial charge >= 0.3 is 0 Å². The van der Waals surface area contributed by atoms with Gasteiger partial charge in [-0.05, 0) is 88.7 Å². The molecule has 1 saturated heterocycles. The molecule has 2 aliphatic carbocycles. The van der Waals surface area contributed by atoms with Crippen molar-refractivity contribution in [3.05, 3.63) is 22.4 Å². The number of amides is 1. The predicted octanol–water partition coefficient (Wildman–Crippen LogP) is 4.65. The molecule has 4 nitrogen and oxygen atoms in total. The van der Waals surface area contributed by atoms with Gasteiger partial charge in [0.2, 0.25) is 5.91 Å². The van der Waals surface area contributed by atoms with Crippen LogP contribution in [0.5, 0.6) is 0 Å². The predicted molar refractivity (Wildman–Crippen MR) is 115 cm³/mol. The van der Waals surface area contributed by atoms with Gasteiger partial charge < -0.3 is 9.64 Å². The Morgan fingerprint density at radius 2 is 1.93 bits per heavy atom. The normalized spacial score (nSPS) is 32.1. The monoisotopic (exact) mass is 404 g/mol. The average molecular weight is 405 g/mol. The summed E-state index contributed by atoms with van der Waals surface area (Å²) in [7, 11) is 6.27. The topological polar surface area (TPSA) is 32.8 Å². The van der Waals surface area contributed by atoms with E-state index < -0.39 is 0 Å². The molecule has 1 spiro atoms. The van der Waals surface area contributed by atoms with Gasteiger partial charge in [0.1, 0.15) is 0 Å². The first-order valence-electron chi connectivity index (χ1n) is 11.0.